The Hall–Kier alpha value is -2.26. The van der Waals surface area contributed by atoms with Crippen LogP contribution in [0.15, 0.2) is 18.2 Å². The Morgan fingerprint density at radius 2 is 1.17 bits per heavy atom. The Bertz CT molecular complexity index is 762. The zero-order valence-electron chi connectivity index (χ0n) is 11.1. The Kier molecular flexibility index (Phi) is 4.51. The minimum Gasteiger partial charge on any atom is -0.205 e. The SMILES string of the molecule is Fc1c(F)c(F)c(-c2ccc(C(F)(F)F)c(C(F)F)c2)c(F)c1F. The maximum Gasteiger partial charge on any atom is 0.416 e. The van der Waals surface area contributed by atoms with E-state index in [0.717, 1.165) is 0 Å². The van der Waals surface area contributed by atoms with Gasteiger partial charge in [0.2, 0.25) is 5.82 Å². The van der Waals surface area contributed by atoms with Crippen LogP contribution in [-0.2, 0) is 6.18 Å². The van der Waals surface area contributed by atoms with Gasteiger partial charge in [0, 0.05) is 5.56 Å². The van der Waals surface area contributed by atoms with Crippen LogP contribution in [0.4, 0.5) is 43.9 Å². The molecule has 0 aliphatic rings. The molecule has 130 valence electrons. The number of benzene rings is 2. The van der Waals surface area contributed by atoms with Crippen LogP contribution in [0.25, 0.3) is 11.1 Å². The summed E-state index contributed by atoms with van der Waals surface area (Å²) in [7, 11) is 0. The van der Waals surface area contributed by atoms with Crippen LogP contribution in [0.3, 0.4) is 0 Å². The number of hydrogen-bond acceptors (Lipinski definition) is 0. The zero-order valence-corrected chi connectivity index (χ0v) is 11.1. The summed E-state index contributed by atoms with van der Waals surface area (Å²) >= 11 is 0. The molecule has 0 nitrogen and oxygen atoms in total. The Morgan fingerprint density at radius 3 is 1.58 bits per heavy atom. The van der Waals surface area contributed by atoms with Crippen molar-refractivity contribution in [2.24, 2.45) is 0 Å². The molecule has 0 heterocycles. The molecule has 0 saturated heterocycles. The summed E-state index contributed by atoms with van der Waals surface area (Å²) in [5, 5.41) is 0. The standard InChI is InChI=1S/C14H4F10/c15-8-7(9(16)11(18)12(19)10(8)17)4-1-2-6(14(22,23)24)5(3-4)13(20)21/h1-3,13H. The lowest BCUT2D eigenvalue weighted by molar-refractivity contribution is -0.139. The van der Waals surface area contributed by atoms with Gasteiger partial charge in [-0.3, -0.25) is 0 Å². The van der Waals surface area contributed by atoms with E-state index in [9.17, 15) is 43.9 Å². The van der Waals surface area contributed by atoms with Gasteiger partial charge in [0.05, 0.1) is 11.1 Å². The summed E-state index contributed by atoms with van der Waals surface area (Å²) in [6.45, 7) is 0. The van der Waals surface area contributed by atoms with Crippen LogP contribution in [0.5, 0.6) is 0 Å². The minimum atomic E-state index is -5.19. The van der Waals surface area contributed by atoms with Crippen molar-refractivity contribution in [3.05, 3.63) is 58.4 Å². The van der Waals surface area contributed by atoms with E-state index in [-0.39, 0.29) is 12.1 Å². The molecule has 0 unspecified atom stereocenters. The first-order valence-electron chi connectivity index (χ1n) is 5.98. The van der Waals surface area contributed by atoms with Gasteiger partial charge < -0.3 is 0 Å². The average Bonchev–Trinajstić information content (AvgIpc) is 2.50. The summed E-state index contributed by atoms with van der Waals surface area (Å²) in [6.07, 6.45) is -8.89. The van der Waals surface area contributed by atoms with Gasteiger partial charge in [0.1, 0.15) is 0 Å². The van der Waals surface area contributed by atoms with Crippen LogP contribution in [0.2, 0.25) is 0 Å². The number of alkyl halides is 5. The molecule has 0 radical (unpaired) electrons. The van der Waals surface area contributed by atoms with E-state index in [1.807, 2.05) is 0 Å². The van der Waals surface area contributed by atoms with Crippen LogP contribution < -0.4 is 0 Å². The van der Waals surface area contributed by atoms with E-state index in [0.29, 0.717) is 6.07 Å². The van der Waals surface area contributed by atoms with Crippen molar-refractivity contribution in [2.75, 3.05) is 0 Å². The minimum absolute atomic E-state index is 0.0335. The zero-order chi connectivity index (χ0) is 18.4. The highest BCUT2D eigenvalue weighted by molar-refractivity contribution is 5.67. The van der Waals surface area contributed by atoms with Gasteiger partial charge in [0.25, 0.3) is 6.43 Å². The normalized spacial score (nSPS) is 12.1. The molecule has 0 aliphatic heterocycles. The van der Waals surface area contributed by atoms with Crippen molar-refractivity contribution in [3.63, 3.8) is 0 Å². The van der Waals surface area contributed by atoms with E-state index in [2.05, 4.69) is 0 Å². The Balaban J connectivity index is 2.79. The molecule has 2 aromatic rings. The Morgan fingerprint density at radius 1 is 0.708 bits per heavy atom. The first-order chi connectivity index (χ1) is 11.0. The summed E-state index contributed by atoms with van der Waals surface area (Å²) in [6, 6.07) is 0.452. The molecular weight excluding hydrogens is 358 g/mol. The second-order valence-corrected chi connectivity index (χ2v) is 4.55. The molecule has 24 heavy (non-hydrogen) atoms. The van der Waals surface area contributed by atoms with E-state index in [1.54, 1.807) is 0 Å². The third kappa shape index (κ3) is 2.92. The van der Waals surface area contributed by atoms with Gasteiger partial charge in [-0.05, 0) is 17.7 Å². The molecule has 2 aromatic carbocycles. The molecule has 0 bridgehead atoms. The molecule has 0 atom stereocenters. The highest BCUT2D eigenvalue weighted by Gasteiger charge is 2.36. The van der Waals surface area contributed by atoms with Gasteiger partial charge in [-0.15, -0.1) is 0 Å². The summed E-state index contributed by atoms with van der Waals surface area (Å²) in [4.78, 5) is 0. The number of halogens is 10. The largest absolute Gasteiger partial charge is 0.416 e. The van der Waals surface area contributed by atoms with Crippen LogP contribution in [-0.4, -0.2) is 0 Å². The predicted octanol–water partition coefficient (Wildman–Crippen LogP) is 6.01. The van der Waals surface area contributed by atoms with Crippen molar-refractivity contribution in [2.45, 2.75) is 12.6 Å². The lowest BCUT2D eigenvalue weighted by Crippen LogP contribution is -2.10. The van der Waals surface area contributed by atoms with Gasteiger partial charge in [-0.2, -0.15) is 13.2 Å². The summed E-state index contributed by atoms with van der Waals surface area (Å²) in [5.74, 6) is -11.8. The van der Waals surface area contributed by atoms with Crippen LogP contribution in [0, 0.1) is 29.1 Å². The van der Waals surface area contributed by atoms with Crippen molar-refractivity contribution in [1.82, 2.24) is 0 Å². The van der Waals surface area contributed by atoms with Crippen molar-refractivity contribution in [1.29, 1.82) is 0 Å². The third-order valence-corrected chi connectivity index (χ3v) is 3.09. The van der Waals surface area contributed by atoms with Gasteiger partial charge >= 0.3 is 6.18 Å². The molecule has 10 heteroatoms. The molecule has 0 aliphatic carbocycles. The topological polar surface area (TPSA) is 0 Å². The second-order valence-electron chi connectivity index (χ2n) is 4.55. The van der Waals surface area contributed by atoms with E-state index in [4.69, 9.17) is 0 Å². The second kappa shape index (κ2) is 5.99. The van der Waals surface area contributed by atoms with Crippen molar-refractivity contribution in [3.8, 4) is 11.1 Å². The molecular formula is C14H4F10. The van der Waals surface area contributed by atoms with Crippen molar-refractivity contribution >= 4 is 0 Å². The highest BCUT2D eigenvalue weighted by Crippen LogP contribution is 2.40. The highest BCUT2D eigenvalue weighted by atomic mass is 19.4. The fraction of sp³-hybridized carbons (Fsp3) is 0.143. The monoisotopic (exact) mass is 362 g/mol. The van der Waals surface area contributed by atoms with Crippen LogP contribution >= 0.6 is 0 Å². The molecule has 0 saturated carbocycles. The van der Waals surface area contributed by atoms with E-state index in [1.165, 1.54) is 0 Å². The summed E-state index contributed by atoms with van der Waals surface area (Å²) < 4.78 is 130. The molecule has 2 rings (SSSR count). The molecule has 0 fully saturated rings. The smallest absolute Gasteiger partial charge is 0.205 e. The molecule has 0 amide bonds. The fourth-order valence-corrected chi connectivity index (χ4v) is 2.02. The lowest BCUT2D eigenvalue weighted by atomic mass is 9.97. The predicted molar refractivity (Wildman–Crippen MR) is 61.6 cm³/mol. The molecule has 0 N–H and O–H groups in total. The lowest BCUT2D eigenvalue weighted by Gasteiger charge is -2.15. The number of rotatable bonds is 2. The average molecular weight is 362 g/mol. The maximum absolute atomic E-state index is 13.6. The quantitative estimate of drug-likeness (QED) is 0.349. The van der Waals surface area contributed by atoms with E-state index >= 15 is 0 Å². The molecule has 0 spiro atoms. The van der Waals surface area contributed by atoms with Crippen LogP contribution in [0.1, 0.15) is 17.6 Å². The van der Waals surface area contributed by atoms with Gasteiger partial charge in [-0.1, -0.05) is 6.07 Å². The number of hydrogen-bond donors (Lipinski definition) is 0. The van der Waals surface area contributed by atoms with Gasteiger partial charge in [0.15, 0.2) is 23.3 Å². The Labute approximate surface area is 127 Å². The maximum atomic E-state index is 13.6. The fourth-order valence-electron chi connectivity index (χ4n) is 2.02. The third-order valence-electron chi connectivity index (χ3n) is 3.09. The van der Waals surface area contributed by atoms with Gasteiger partial charge in [-0.25, -0.2) is 30.7 Å². The van der Waals surface area contributed by atoms with E-state index < -0.39 is 63.9 Å². The summed E-state index contributed by atoms with van der Waals surface area (Å²) in [5.41, 5.74) is -6.04. The first kappa shape index (κ1) is 18.1. The first-order valence-corrected chi connectivity index (χ1v) is 5.98. The molecule has 0 aromatic heterocycles. The van der Waals surface area contributed by atoms with Crippen molar-refractivity contribution < 1.29 is 43.9 Å².